The van der Waals surface area contributed by atoms with Crippen molar-refractivity contribution >= 4 is 85.0 Å². The Morgan fingerprint density at radius 1 is 0.333 bits per heavy atom. The third-order valence-corrected chi connectivity index (χ3v) is 13.4. The molecular formula is C51H29N3OS2. The molecule has 57 heavy (non-hydrogen) atoms. The van der Waals surface area contributed by atoms with E-state index in [0.717, 1.165) is 44.2 Å². The number of aromatic nitrogens is 3. The topological polar surface area (TPSA) is 51.8 Å². The van der Waals surface area contributed by atoms with Crippen LogP contribution in [0.2, 0.25) is 0 Å². The zero-order chi connectivity index (χ0) is 37.5. The smallest absolute Gasteiger partial charge is 0.167 e. The summed E-state index contributed by atoms with van der Waals surface area (Å²) in [5.74, 6) is 1.81. The number of hydrogen-bond donors (Lipinski definition) is 0. The molecule has 0 saturated heterocycles. The van der Waals surface area contributed by atoms with Gasteiger partial charge in [-0.1, -0.05) is 133 Å². The second kappa shape index (κ2) is 12.8. The van der Waals surface area contributed by atoms with Crippen molar-refractivity contribution in [1.82, 2.24) is 15.0 Å². The Labute approximate surface area is 335 Å². The molecule has 0 radical (unpaired) electrons. The molecule has 4 nitrogen and oxygen atoms in total. The van der Waals surface area contributed by atoms with Crippen LogP contribution in [-0.4, -0.2) is 15.0 Å². The average Bonchev–Trinajstić information content (AvgIpc) is 3.98. The minimum atomic E-state index is 0.572. The van der Waals surface area contributed by atoms with E-state index >= 15 is 0 Å². The van der Waals surface area contributed by atoms with Gasteiger partial charge in [-0.2, -0.15) is 0 Å². The Hall–Kier alpha value is -6.99. The molecule has 0 atom stereocenters. The standard InChI is InChI=1S/C51H29N3OS2/c1-3-13-30(14-4-1)49-52-50(31-15-5-2-6-16-31)54-51(53-49)39-22-12-20-37-41-27-32(25-26-43(41)55-46(37)39)40-28-33(29-42-36-18-8-10-24-45(36)57-48(40)42)34-19-11-21-38-35-17-7-9-23-44(35)56-47(34)38/h1-29H. The van der Waals surface area contributed by atoms with Crippen molar-refractivity contribution in [3.05, 3.63) is 176 Å². The summed E-state index contributed by atoms with van der Waals surface area (Å²) in [5, 5.41) is 7.24. The number of nitrogens with zero attached hydrogens (tertiary/aromatic N) is 3. The summed E-state index contributed by atoms with van der Waals surface area (Å²) in [7, 11) is 0. The zero-order valence-corrected chi connectivity index (χ0v) is 31.9. The number of fused-ring (bicyclic) bond motifs is 9. The van der Waals surface area contributed by atoms with E-state index < -0.39 is 0 Å². The fraction of sp³-hybridized carbons (Fsp3) is 0. The summed E-state index contributed by atoms with van der Waals surface area (Å²) in [6, 6.07) is 62.0. The van der Waals surface area contributed by atoms with Gasteiger partial charge in [0.05, 0.1) is 5.56 Å². The second-order valence-corrected chi connectivity index (χ2v) is 16.4. The molecule has 0 aliphatic heterocycles. The highest BCUT2D eigenvalue weighted by Crippen LogP contribution is 2.47. The normalized spacial score (nSPS) is 11.9. The van der Waals surface area contributed by atoms with Crippen LogP contribution < -0.4 is 0 Å². The largest absolute Gasteiger partial charge is 0.455 e. The fourth-order valence-corrected chi connectivity index (χ4v) is 10.7. The van der Waals surface area contributed by atoms with Crippen LogP contribution in [0.15, 0.2) is 180 Å². The van der Waals surface area contributed by atoms with Crippen LogP contribution in [0.5, 0.6) is 0 Å². The zero-order valence-electron chi connectivity index (χ0n) is 30.3. The van der Waals surface area contributed by atoms with Crippen molar-refractivity contribution in [2.24, 2.45) is 0 Å². The molecular weight excluding hydrogens is 735 g/mol. The van der Waals surface area contributed by atoms with Crippen LogP contribution in [0.25, 0.3) is 119 Å². The summed E-state index contributed by atoms with van der Waals surface area (Å²) in [5.41, 5.74) is 9.10. The minimum absolute atomic E-state index is 0.572. The number of para-hydroxylation sites is 1. The Morgan fingerprint density at radius 2 is 0.877 bits per heavy atom. The van der Waals surface area contributed by atoms with Gasteiger partial charge in [-0.25, -0.2) is 15.0 Å². The molecule has 0 aliphatic carbocycles. The van der Waals surface area contributed by atoms with Gasteiger partial charge in [-0.05, 0) is 59.2 Å². The lowest BCUT2D eigenvalue weighted by Gasteiger charge is -2.10. The molecule has 0 bridgehead atoms. The molecule has 12 aromatic rings. The lowest BCUT2D eigenvalue weighted by Crippen LogP contribution is -2.00. The SMILES string of the molecule is c1ccc(-c2nc(-c3ccccc3)nc(-c3cccc4c3oc3ccc(-c5cc(-c6cccc7c6sc6ccccc67)cc6c5sc5ccccc56)cc34)n2)cc1. The second-order valence-electron chi connectivity index (χ2n) is 14.3. The van der Waals surface area contributed by atoms with E-state index in [1.165, 1.54) is 57.0 Å². The van der Waals surface area contributed by atoms with Crippen LogP contribution in [0, 0.1) is 0 Å². The first-order valence-electron chi connectivity index (χ1n) is 18.9. The molecule has 6 heteroatoms. The van der Waals surface area contributed by atoms with E-state index in [4.69, 9.17) is 19.4 Å². The quantitative estimate of drug-likeness (QED) is 0.175. The van der Waals surface area contributed by atoms with Gasteiger partial charge in [0.25, 0.3) is 0 Å². The van der Waals surface area contributed by atoms with Gasteiger partial charge < -0.3 is 4.42 Å². The van der Waals surface area contributed by atoms with Crippen molar-refractivity contribution in [2.45, 2.75) is 0 Å². The molecule has 0 N–H and O–H groups in total. The van der Waals surface area contributed by atoms with Gasteiger partial charge in [-0.15, -0.1) is 22.7 Å². The average molecular weight is 764 g/mol. The number of benzene rings is 8. The number of thiophene rings is 2. The van der Waals surface area contributed by atoms with E-state index in [2.05, 4.69) is 109 Å². The summed E-state index contributed by atoms with van der Waals surface area (Å²) < 4.78 is 11.9. The summed E-state index contributed by atoms with van der Waals surface area (Å²) in [4.78, 5) is 15.0. The molecule has 12 rings (SSSR count). The number of rotatable bonds is 5. The molecule has 8 aromatic carbocycles. The molecule has 0 spiro atoms. The molecule has 4 aromatic heterocycles. The molecule has 0 amide bonds. The molecule has 0 aliphatic rings. The Balaban J connectivity index is 1.06. The van der Waals surface area contributed by atoms with E-state index in [-0.39, 0.29) is 0 Å². The van der Waals surface area contributed by atoms with Crippen LogP contribution in [0.4, 0.5) is 0 Å². The molecule has 0 unspecified atom stereocenters. The van der Waals surface area contributed by atoms with Crippen molar-refractivity contribution in [2.75, 3.05) is 0 Å². The highest BCUT2D eigenvalue weighted by molar-refractivity contribution is 7.26. The first-order chi connectivity index (χ1) is 28.2. The molecule has 4 heterocycles. The predicted molar refractivity (Wildman–Crippen MR) is 240 cm³/mol. The minimum Gasteiger partial charge on any atom is -0.455 e. The van der Waals surface area contributed by atoms with Crippen LogP contribution >= 0.6 is 22.7 Å². The number of furan rings is 1. The summed E-state index contributed by atoms with van der Waals surface area (Å²) in [6.45, 7) is 0. The molecule has 0 saturated carbocycles. The van der Waals surface area contributed by atoms with Gasteiger partial charge in [-0.3, -0.25) is 0 Å². The first-order valence-corrected chi connectivity index (χ1v) is 20.6. The van der Waals surface area contributed by atoms with E-state index in [1.807, 2.05) is 89.4 Å². The molecule has 266 valence electrons. The number of hydrogen-bond acceptors (Lipinski definition) is 6. The van der Waals surface area contributed by atoms with Gasteiger partial charge in [0.1, 0.15) is 11.2 Å². The maximum atomic E-state index is 6.73. The Morgan fingerprint density at radius 3 is 1.58 bits per heavy atom. The predicted octanol–water partition coefficient (Wildman–Crippen LogP) is 14.8. The van der Waals surface area contributed by atoms with Crippen LogP contribution in [0.3, 0.4) is 0 Å². The van der Waals surface area contributed by atoms with Crippen LogP contribution in [-0.2, 0) is 0 Å². The van der Waals surface area contributed by atoms with E-state index in [1.54, 1.807) is 0 Å². The lowest BCUT2D eigenvalue weighted by atomic mass is 9.94. The highest BCUT2D eigenvalue weighted by Gasteiger charge is 2.20. The monoisotopic (exact) mass is 763 g/mol. The molecule has 0 fully saturated rings. The fourth-order valence-electron chi connectivity index (χ4n) is 8.24. The Bertz CT molecular complexity index is 3470. The first kappa shape index (κ1) is 32.3. The maximum Gasteiger partial charge on any atom is 0.167 e. The van der Waals surface area contributed by atoms with E-state index in [0.29, 0.717) is 17.5 Å². The highest BCUT2D eigenvalue weighted by atomic mass is 32.1. The lowest BCUT2D eigenvalue weighted by molar-refractivity contribution is 0.669. The summed E-state index contributed by atoms with van der Waals surface area (Å²) in [6.07, 6.45) is 0. The maximum absolute atomic E-state index is 6.73. The van der Waals surface area contributed by atoms with Gasteiger partial charge in [0.15, 0.2) is 17.5 Å². The van der Waals surface area contributed by atoms with Crippen molar-refractivity contribution in [3.63, 3.8) is 0 Å². The van der Waals surface area contributed by atoms with Gasteiger partial charge in [0.2, 0.25) is 0 Å². The summed E-state index contributed by atoms with van der Waals surface area (Å²) >= 11 is 3.74. The van der Waals surface area contributed by atoms with Crippen molar-refractivity contribution in [3.8, 4) is 56.4 Å². The van der Waals surface area contributed by atoms with Gasteiger partial charge >= 0.3 is 0 Å². The van der Waals surface area contributed by atoms with Crippen molar-refractivity contribution in [1.29, 1.82) is 0 Å². The third-order valence-electron chi connectivity index (χ3n) is 10.9. The van der Waals surface area contributed by atoms with E-state index in [9.17, 15) is 0 Å². The van der Waals surface area contributed by atoms with Crippen LogP contribution in [0.1, 0.15) is 0 Å². The third kappa shape index (κ3) is 5.22. The van der Waals surface area contributed by atoms with Gasteiger partial charge in [0, 0.05) is 67.8 Å². The Kier molecular flexibility index (Phi) is 7.24. The van der Waals surface area contributed by atoms with Crippen molar-refractivity contribution < 1.29 is 4.42 Å².